The molecule has 0 unspecified atom stereocenters. The minimum Gasteiger partial charge on any atom is 0 e. The van der Waals surface area contributed by atoms with Crippen LogP contribution in [0.15, 0.2) is 0 Å². The van der Waals surface area contributed by atoms with Crippen molar-refractivity contribution >= 4 is 91.1 Å². The predicted octanol–water partition coefficient (Wildman–Crippen LogP) is -0.345. The summed E-state index contributed by atoms with van der Waals surface area (Å²) in [6.07, 6.45) is 0. The van der Waals surface area contributed by atoms with Gasteiger partial charge in [0.15, 0.2) is 0 Å². The van der Waals surface area contributed by atoms with E-state index in [0.29, 0.717) is 0 Å². The Bertz CT molecular complexity index is 19.7. The Hall–Kier alpha value is 6.26. The van der Waals surface area contributed by atoms with Crippen LogP contribution in [0.2, 0.25) is 0 Å². The molecule has 0 N–H and O–H groups in total. The van der Waals surface area contributed by atoms with Gasteiger partial charge in [-0.05, 0) is 0 Å². The second-order valence-electron chi connectivity index (χ2n) is 0. The maximum Gasteiger partial charge on any atom is 0 e. The van der Waals surface area contributed by atoms with Crippen LogP contribution in [0.4, 0.5) is 0 Å². The maximum absolute atomic E-state index is 0. The zero-order chi connectivity index (χ0) is 0. The molecule has 0 saturated heterocycles. The average Bonchev–Trinajstić information content (AvgIpc) is 0. The van der Waals surface area contributed by atoms with Gasteiger partial charge in [-0.1, -0.05) is 0 Å². The second kappa shape index (κ2) is 39.7. The van der Waals surface area contributed by atoms with Gasteiger partial charge in [-0.15, -0.1) is 0 Å². The van der Waals surface area contributed by atoms with Crippen LogP contribution in [-0.4, -0.2) is 78.7 Å². The molecule has 0 aromatic carbocycles. The zero-order valence-electron chi connectivity index (χ0n) is 2.53. The topological polar surface area (TPSA) is 0 Å². The van der Waals surface area contributed by atoms with E-state index in [-0.39, 0.29) is 196 Å². The maximum atomic E-state index is 0. The quantitative estimate of drug-likeness (QED) is 0.293. The SMILES string of the molecule is [Cl].[Cu].[Fe].[KH].[Pb].[Th].[U]. The molecule has 0 spiro atoms. The molecule has 40 valence electrons. The monoisotopic (exact) mass is 872 g/mol. The zero-order valence-corrected chi connectivity index (χ0v) is 17.5. The first-order valence-corrected chi connectivity index (χ1v) is 0. The number of hydrogen-bond donors (Lipinski definition) is 0. The van der Waals surface area contributed by atoms with Gasteiger partial charge in [0.05, 0.1) is 0 Å². The minimum absolute atomic E-state index is 0. The molecule has 7 heavy (non-hydrogen) atoms. The summed E-state index contributed by atoms with van der Waals surface area (Å²) in [4.78, 5) is 0. The van der Waals surface area contributed by atoms with Crippen molar-refractivity contribution < 1.29 is 105 Å². The summed E-state index contributed by atoms with van der Waals surface area (Å²) in [7, 11) is 0. The molecule has 0 amide bonds. The van der Waals surface area contributed by atoms with Crippen LogP contribution < -0.4 is 0 Å². The van der Waals surface area contributed by atoms with Gasteiger partial charge in [-0.2, -0.15) is 0 Å². The fourth-order valence-corrected chi connectivity index (χ4v) is 0. The Balaban J connectivity index is 0. The summed E-state index contributed by atoms with van der Waals surface area (Å²) >= 11 is 0. The van der Waals surface area contributed by atoms with E-state index in [1.807, 2.05) is 0 Å². The second-order valence-corrected chi connectivity index (χ2v) is 0. The molecule has 0 bridgehead atoms. The molecule has 6 radical (unpaired) electrons. The summed E-state index contributed by atoms with van der Waals surface area (Å²) in [5.41, 5.74) is 0. The Labute approximate surface area is 190 Å². The van der Waals surface area contributed by atoms with Crippen molar-refractivity contribution in [2.24, 2.45) is 0 Å². The number of hydrogen-bond acceptors (Lipinski definition) is 0. The normalized spacial score (nSPS) is 0. The molecule has 7 heteroatoms. The van der Waals surface area contributed by atoms with E-state index in [4.69, 9.17) is 0 Å². The van der Waals surface area contributed by atoms with E-state index in [2.05, 4.69) is 0 Å². The van der Waals surface area contributed by atoms with E-state index in [1.54, 1.807) is 0 Å². The third-order valence-electron chi connectivity index (χ3n) is 0. The van der Waals surface area contributed by atoms with Gasteiger partial charge in [0.25, 0.3) is 0 Å². The van der Waals surface area contributed by atoms with Gasteiger partial charge in [0.2, 0.25) is 0 Å². The van der Waals surface area contributed by atoms with Crippen LogP contribution in [0.3, 0.4) is 0 Å². The van der Waals surface area contributed by atoms with Gasteiger partial charge in [0.1, 0.15) is 0 Å². The largest absolute Gasteiger partial charge is 0 e. The van der Waals surface area contributed by atoms with E-state index in [0.717, 1.165) is 0 Å². The molecule has 0 aliphatic rings. The average molecular weight is 872 g/mol. The third kappa shape index (κ3) is 32.9. The standard InChI is InChI=1S/Cl.Cu.Fe.K.Pb.Th.U.H. The molecule has 0 aromatic rings. The Morgan fingerprint density at radius 2 is 1.00 bits per heavy atom. The summed E-state index contributed by atoms with van der Waals surface area (Å²) in [6.45, 7) is 0. The number of rotatable bonds is 0. The fourth-order valence-electron chi connectivity index (χ4n) is 0. The molecule has 0 saturated carbocycles. The van der Waals surface area contributed by atoms with Gasteiger partial charge in [-0.3, -0.25) is 0 Å². The molecule has 0 fully saturated rings. The Morgan fingerprint density at radius 1 is 1.00 bits per heavy atom. The van der Waals surface area contributed by atoms with Gasteiger partial charge in [-0.25, -0.2) is 0 Å². The van der Waals surface area contributed by atoms with E-state index >= 15 is 0 Å². The van der Waals surface area contributed by atoms with Crippen molar-refractivity contribution in [2.75, 3.05) is 0 Å². The molecular formula is HClCuFeKPbThU. The van der Waals surface area contributed by atoms with Crippen LogP contribution in [0, 0.1) is 71.1 Å². The van der Waals surface area contributed by atoms with Crippen LogP contribution >= 0.6 is 12.4 Å². The van der Waals surface area contributed by atoms with Crippen molar-refractivity contribution in [1.29, 1.82) is 0 Å². The Morgan fingerprint density at radius 3 is 1.00 bits per heavy atom. The first-order chi connectivity index (χ1) is 0. The van der Waals surface area contributed by atoms with Gasteiger partial charge >= 0.3 is 51.4 Å². The molecule has 0 atom stereocenters. The summed E-state index contributed by atoms with van der Waals surface area (Å²) in [5, 5.41) is 0. The van der Waals surface area contributed by atoms with Crippen LogP contribution in [0.1, 0.15) is 0 Å². The Kier molecular flexibility index (Phi) is 288. The van der Waals surface area contributed by atoms with E-state index < -0.39 is 0 Å². The van der Waals surface area contributed by atoms with Crippen molar-refractivity contribution in [3.63, 3.8) is 0 Å². The van der Waals surface area contributed by atoms with Crippen molar-refractivity contribution in [2.45, 2.75) is 0 Å². The van der Waals surface area contributed by atoms with Gasteiger partial charge in [0, 0.05) is 145 Å². The predicted molar refractivity (Wildman–Crippen MR) is 18.8 cm³/mol. The molecule has 0 heterocycles. The third-order valence-corrected chi connectivity index (χ3v) is 0. The van der Waals surface area contributed by atoms with Crippen molar-refractivity contribution in [3.8, 4) is 0 Å². The minimum atomic E-state index is 0. The van der Waals surface area contributed by atoms with Crippen molar-refractivity contribution in [1.82, 2.24) is 0 Å². The smallest absolute Gasteiger partial charge is 0 e. The first kappa shape index (κ1) is 50.8. The molecule has 0 aliphatic heterocycles. The molecule has 0 aromatic heterocycles. The molecule has 0 rings (SSSR count). The first-order valence-electron chi connectivity index (χ1n) is 0. The van der Waals surface area contributed by atoms with E-state index in [1.165, 1.54) is 0 Å². The van der Waals surface area contributed by atoms with Crippen LogP contribution in [-0.2, 0) is 34.1 Å². The number of halogens is 1. The summed E-state index contributed by atoms with van der Waals surface area (Å²) < 4.78 is 0. The summed E-state index contributed by atoms with van der Waals surface area (Å²) in [6, 6.07) is 0. The summed E-state index contributed by atoms with van der Waals surface area (Å²) in [5.74, 6) is 0. The van der Waals surface area contributed by atoms with Crippen molar-refractivity contribution in [3.05, 3.63) is 0 Å². The van der Waals surface area contributed by atoms with Crippen LogP contribution in [0.25, 0.3) is 0 Å². The van der Waals surface area contributed by atoms with E-state index in [9.17, 15) is 0 Å². The molecule has 0 nitrogen and oxygen atoms in total. The fraction of sp³-hybridized carbons (Fsp3) is 0. The molecule has 0 aliphatic carbocycles. The van der Waals surface area contributed by atoms with Gasteiger partial charge < -0.3 is 0 Å². The molecular weight excluding hydrogens is 871 g/mol. The van der Waals surface area contributed by atoms with Crippen LogP contribution in [0.5, 0.6) is 0 Å².